The van der Waals surface area contributed by atoms with Gasteiger partial charge in [0.1, 0.15) is 18.2 Å². The first-order chi connectivity index (χ1) is 14.1. The summed E-state index contributed by atoms with van der Waals surface area (Å²) >= 11 is 0. The summed E-state index contributed by atoms with van der Waals surface area (Å²) in [5.41, 5.74) is 9.28. The van der Waals surface area contributed by atoms with Gasteiger partial charge in [0.25, 0.3) is 0 Å². The standard InChI is InChI=1S/C26H20FNO/c1-16-3-6-19(7-4-16)24-14-21(18-8-10-20(27)11-9-18)23-15-29-25-12-5-17(2)13-22(25)26(23)28-24/h3-14H,15H2,1-2H3. The van der Waals surface area contributed by atoms with Crippen molar-refractivity contribution in [3.8, 4) is 39.4 Å². The zero-order chi connectivity index (χ0) is 20.0. The van der Waals surface area contributed by atoms with Gasteiger partial charge in [-0.2, -0.15) is 0 Å². The summed E-state index contributed by atoms with van der Waals surface area (Å²) in [6, 6.07) is 23.2. The van der Waals surface area contributed by atoms with Crippen molar-refractivity contribution >= 4 is 0 Å². The number of halogens is 1. The fourth-order valence-corrected chi connectivity index (χ4v) is 3.80. The number of pyridine rings is 1. The van der Waals surface area contributed by atoms with Crippen LogP contribution in [0.1, 0.15) is 16.7 Å². The highest BCUT2D eigenvalue weighted by molar-refractivity contribution is 5.84. The summed E-state index contributed by atoms with van der Waals surface area (Å²) in [5, 5.41) is 0. The lowest BCUT2D eigenvalue weighted by molar-refractivity contribution is 0.302. The number of fused-ring (bicyclic) bond motifs is 3. The fraction of sp³-hybridized carbons (Fsp3) is 0.115. The summed E-state index contributed by atoms with van der Waals surface area (Å²) in [6.45, 7) is 4.59. The fourth-order valence-electron chi connectivity index (χ4n) is 3.80. The number of rotatable bonds is 2. The minimum Gasteiger partial charge on any atom is -0.488 e. The van der Waals surface area contributed by atoms with Crippen LogP contribution in [0, 0.1) is 19.7 Å². The van der Waals surface area contributed by atoms with Gasteiger partial charge in [0.05, 0.1) is 11.4 Å². The molecule has 0 amide bonds. The van der Waals surface area contributed by atoms with Crippen molar-refractivity contribution in [1.82, 2.24) is 4.98 Å². The van der Waals surface area contributed by atoms with Crippen LogP contribution in [0.5, 0.6) is 5.75 Å². The minimum atomic E-state index is -0.243. The van der Waals surface area contributed by atoms with E-state index in [1.54, 1.807) is 0 Å². The van der Waals surface area contributed by atoms with Gasteiger partial charge < -0.3 is 4.74 Å². The molecule has 0 spiro atoms. The molecular formula is C26H20FNO. The van der Waals surface area contributed by atoms with E-state index in [1.807, 2.05) is 18.2 Å². The molecule has 0 N–H and O–H groups in total. The highest BCUT2D eigenvalue weighted by Crippen LogP contribution is 2.42. The van der Waals surface area contributed by atoms with Crippen LogP contribution in [0.2, 0.25) is 0 Å². The normalized spacial score (nSPS) is 12.1. The van der Waals surface area contributed by atoms with Crippen molar-refractivity contribution in [2.75, 3.05) is 0 Å². The number of ether oxygens (including phenoxy) is 1. The van der Waals surface area contributed by atoms with Crippen molar-refractivity contribution in [2.45, 2.75) is 20.5 Å². The molecule has 1 aliphatic rings. The Bertz CT molecular complexity index is 1210. The first-order valence-electron chi connectivity index (χ1n) is 9.69. The molecule has 0 bridgehead atoms. The minimum absolute atomic E-state index is 0.243. The lowest BCUT2D eigenvalue weighted by Crippen LogP contribution is -2.10. The predicted molar refractivity (Wildman–Crippen MR) is 114 cm³/mol. The van der Waals surface area contributed by atoms with Crippen LogP contribution in [0.15, 0.2) is 72.8 Å². The topological polar surface area (TPSA) is 22.1 Å². The zero-order valence-corrected chi connectivity index (χ0v) is 16.4. The molecule has 2 nitrogen and oxygen atoms in total. The molecule has 0 saturated carbocycles. The van der Waals surface area contributed by atoms with Gasteiger partial charge in [0.2, 0.25) is 0 Å². The molecule has 0 radical (unpaired) electrons. The van der Waals surface area contributed by atoms with Gasteiger partial charge in [-0.1, -0.05) is 53.6 Å². The predicted octanol–water partition coefficient (Wildman–Crippen LogP) is 6.73. The molecule has 1 aliphatic heterocycles. The molecule has 0 unspecified atom stereocenters. The second kappa shape index (κ2) is 6.85. The molecule has 1 aromatic heterocycles. The Morgan fingerprint density at radius 1 is 0.759 bits per heavy atom. The van der Waals surface area contributed by atoms with Gasteiger partial charge in [-0.3, -0.25) is 0 Å². The Morgan fingerprint density at radius 3 is 2.21 bits per heavy atom. The van der Waals surface area contributed by atoms with E-state index in [1.165, 1.54) is 17.7 Å². The lowest BCUT2D eigenvalue weighted by atomic mass is 9.92. The van der Waals surface area contributed by atoms with Crippen molar-refractivity contribution < 1.29 is 9.13 Å². The molecule has 3 heteroatoms. The largest absolute Gasteiger partial charge is 0.488 e. The summed E-state index contributed by atoms with van der Waals surface area (Å²) < 4.78 is 19.6. The maximum Gasteiger partial charge on any atom is 0.129 e. The average molecular weight is 381 g/mol. The van der Waals surface area contributed by atoms with Gasteiger partial charge in [0.15, 0.2) is 0 Å². The van der Waals surface area contributed by atoms with E-state index in [9.17, 15) is 4.39 Å². The number of benzene rings is 3. The highest BCUT2D eigenvalue weighted by atomic mass is 19.1. The van der Waals surface area contributed by atoms with E-state index in [0.29, 0.717) is 6.61 Å². The van der Waals surface area contributed by atoms with E-state index in [-0.39, 0.29) is 5.82 Å². The summed E-state index contributed by atoms with van der Waals surface area (Å²) in [5.74, 6) is 0.606. The Balaban J connectivity index is 1.79. The maximum atomic E-state index is 13.5. The van der Waals surface area contributed by atoms with Gasteiger partial charge in [-0.15, -0.1) is 0 Å². The first-order valence-corrected chi connectivity index (χ1v) is 9.69. The van der Waals surface area contributed by atoms with E-state index in [2.05, 4.69) is 56.3 Å². The van der Waals surface area contributed by atoms with Crippen LogP contribution in [0.3, 0.4) is 0 Å². The van der Waals surface area contributed by atoms with Crippen LogP contribution in [0.25, 0.3) is 33.6 Å². The maximum absolute atomic E-state index is 13.5. The summed E-state index contributed by atoms with van der Waals surface area (Å²) in [6.07, 6.45) is 0. The molecular weight excluding hydrogens is 361 g/mol. The van der Waals surface area contributed by atoms with Crippen molar-refractivity contribution in [2.24, 2.45) is 0 Å². The zero-order valence-electron chi connectivity index (χ0n) is 16.4. The van der Waals surface area contributed by atoms with Crippen LogP contribution < -0.4 is 4.74 Å². The molecule has 0 saturated heterocycles. The van der Waals surface area contributed by atoms with E-state index in [4.69, 9.17) is 9.72 Å². The number of hydrogen-bond acceptors (Lipinski definition) is 2. The summed E-state index contributed by atoms with van der Waals surface area (Å²) in [7, 11) is 0. The lowest BCUT2D eigenvalue weighted by Gasteiger charge is -2.24. The van der Waals surface area contributed by atoms with Crippen LogP contribution in [-0.2, 0) is 6.61 Å². The second-order valence-electron chi connectivity index (χ2n) is 7.54. The molecule has 0 atom stereocenters. The molecule has 29 heavy (non-hydrogen) atoms. The monoisotopic (exact) mass is 381 g/mol. The van der Waals surface area contributed by atoms with Gasteiger partial charge >= 0.3 is 0 Å². The van der Waals surface area contributed by atoms with Crippen molar-refractivity contribution in [1.29, 1.82) is 0 Å². The van der Waals surface area contributed by atoms with Crippen molar-refractivity contribution in [3.05, 3.63) is 95.3 Å². The molecule has 0 aliphatic carbocycles. The number of hydrogen-bond donors (Lipinski definition) is 0. The quantitative estimate of drug-likeness (QED) is 0.384. The Hall–Kier alpha value is -3.46. The van der Waals surface area contributed by atoms with E-state index in [0.717, 1.165) is 50.5 Å². The molecule has 142 valence electrons. The van der Waals surface area contributed by atoms with E-state index < -0.39 is 0 Å². The number of aromatic nitrogens is 1. The van der Waals surface area contributed by atoms with Crippen molar-refractivity contribution in [3.63, 3.8) is 0 Å². The SMILES string of the molecule is Cc1ccc(-c2cc(-c3ccc(F)cc3)c3c(n2)-c2cc(C)ccc2OC3)cc1. The first kappa shape index (κ1) is 17.6. The van der Waals surface area contributed by atoms with Crippen LogP contribution in [-0.4, -0.2) is 4.98 Å². The third-order valence-electron chi connectivity index (χ3n) is 5.39. The number of nitrogens with zero attached hydrogens (tertiary/aromatic N) is 1. The van der Waals surface area contributed by atoms with Crippen LogP contribution >= 0.6 is 0 Å². The third-order valence-corrected chi connectivity index (χ3v) is 5.39. The molecule has 0 fully saturated rings. The summed E-state index contributed by atoms with van der Waals surface area (Å²) in [4.78, 5) is 5.05. The Morgan fingerprint density at radius 2 is 1.45 bits per heavy atom. The Kier molecular flexibility index (Phi) is 4.17. The van der Waals surface area contributed by atoms with Gasteiger partial charge in [-0.25, -0.2) is 9.37 Å². The number of aryl methyl sites for hydroxylation is 2. The average Bonchev–Trinajstić information content (AvgIpc) is 2.74. The van der Waals surface area contributed by atoms with E-state index >= 15 is 0 Å². The van der Waals surface area contributed by atoms with Gasteiger partial charge in [0, 0.05) is 16.7 Å². The molecule has 3 aromatic carbocycles. The second-order valence-corrected chi connectivity index (χ2v) is 7.54. The molecule has 4 aromatic rings. The van der Waals surface area contributed by atoms with Crippen LogP contribution in [0.4, 0.5) is 4.39 Å². The highest BCUT2D eigenvalue weighted by Gasteiger charge is 2.23. The van der Waals surface area contributed by atoms with Gasteiger partial charge in [-0.05, 0) is 55.3 Å². The molecule has 5 rings (SSSR count). The smallest absolute Gasteiger partial charge is 0.129 e. The Labute approximate surface area is 169 Å². The third kappa shape index (κ3) is 3.19. The molecule has 2 heterocycles.